The van der Waals surface area contributed by atoms with E-state index in [1.165, 1.54) is 6.92 Å². The molecule has 0 saturated heterocycles. The van der Waals surface area contributed by atoms with Crippen molar-refractivity contribution in [3.8, 4) is 5.75 Å². The summed E-state index contributed by atoms with van der Waals surface area (Å²) < 4.78 is 10.5. The highest BCUT2D eigenvalue weighted by atomic mass is 32.1. The largest absolute Gasteiger partial charge is 0.490 e. The van der Waals surface area contributed by atoms with Crippen molar-refractivity contribution in [3.05, 3.63) is 59.7 Å². The number of ether oxygens (including phenoxy) is 2. The van der Waals surface area contributed by atoms with E-state index in [2.05, 4.69) is 10.6 Å². The first-order chi connectivity index (χ1) is 12.5. The van der Waals surface area contributed by atoms with E-state index in [1.54, 1.807) is 55.6 Å². The number of anilines is 1. The number of benzene rings is 2. The lowest BCUT2D eigenvalue weighted by atomic mass is 10.1. The van der Waals surface area contributed by atoms with Gasteiger partial charge in [0, 0.05) is 18.4 Å². The van der Waals surface area contributed by atoms with Gasteiger partial charge in [0.1, 0.15) is 12.4 Å². The lowest BCUT2D eigenvalue weighted by Crippen LogP contribution is -2.34. The Labute approximate surface area is 157 Å². The molecule has 0 fully saturated rings. The molecule has 1 amide bonds. The molecule has 2 rings (SSSR count). The second kappa shape index (κ2) is 9.65. The van der Waals surface area contributed by atoms with Crippen molar-refractivity contribution >= 4 is 34.7 Å². The summed E-state index contributed by atoms with van der Waals surface area (Å²) in [5.41, 5.74) is 1.54. The minimum absolute atomic E-state index is 0.0502. The first-order valence-corrected chi connectivity index (χ1v) is 8.36. The Morgan fingerprint density at radius 3 is 2.58 bits per heavy atom. The van der Waals surface area contributed by atoms with Crippen LogP contribution in [0.25, 0.3) is 0 Å². The van der Waals surface area contributed by atoms with Crippen LogP contribution in [-0.2, 0) is 4.74 Å². The second-order valence-corrected chi connectivity index (χ2v) is 5.79. The van der Waals surface area contributed by atoms with Crippen molar-refractivity contribution in [1.82, 2.24) is 5.32 Å². The summed E-state index contributed by atoms with van der Waals surface area (Å²) >= 11 is 5.18. The number of Topliss-reactive ketones (excluding diaryl/α,β-unsaturated/α-hetero) is 1. The van der Waals surface area contributed by atoms with Gasteiger partial charge in [-0.2, -0.15) is 0 Å². The molecule has 7 heteroatoms. The molecule has 0 spiro atoms. The van der Waals surface area contributed by atoms with Gasteiger partial charge in [-0.3, -0.25) is 14.9 Å². The van der Waals surface area contributed by atoms with Crippen LogP contribution in [0.2, 0.25) is 0 Å². The highest BCUT2D eigenvalue weighted by Gasteiger charge is 2.13. The topological polar surface area (TPSA) is 76.7 Å². The number of carbonyl (C=O) groups excluding carboxylic acids is 2. The number of rotatable bonds is 7. The van der Waals surface area contributed by atoms with Crippen LogP contribution in [0.3, 0.4) is 0 Å². The van der Waals surface area contributed by atoms with E-state index < -0.39 is 5.91 Å². The van der Waals surface area contributed by atoms with Gasteiger partial charge in [-0.25, -0.2) is 0 Å². The van der Waals surface area contributed by atoms with Gasteiger partial charge in [0.15, 0.2) is 10.9 Å². The van der Waals surface area contributed by atoms with Gasteiger partial charge in [-0.1, -0.05) is 24.3 Å². The summed E-state index contributed by atoms with van der Waals surface area (Å²) in [5.74, 6) is 0.00686. The van der Waals surface area contributed by atoms with Gasteiger partial charge in [-0.05, 0) is 43.4 Å². The molecular weight excluding hydrogens is 352 g/mol. The molecule has 0 saturated carbocycles. The summed E-state index contributed by atoms with van der Waals surface area (Å²) in [5, 5.41) is 5.63. The lowest BCUT2D eigenvalue weighted by Gasteiger charge is -2.13. The molecule has 136 valence electrons. The van der Waals surface area contributed by atoms with Crippen LogP contribution in [0.1, 0.15) is 27.6 Å². The average molecular weight is 372 g/mol. The predicted molar refractivity (Wildman–Crippen MR) is 104 cm³/mol. The van der Waals surface area contributed by atoms with Gasteiger partial charge in [0.25, 0.3) is 5.91 Å². The number of methoxy groups -OCH3 is 1. The minimum atomic E-state index is -0.391. The third-order valence-corrected chi connectivity index (χ3v) is 3.63. The zero-order valence-corrected chi connectivity index (χ0v) is 15.4. The molecule has 2 aromatic rings. The highest BCUT2D eigenvalue weighted by Crippen LogP contribution is 2.18. The Morgan fingerprint density at radius 1 is 1.08 bits per heavy atom. The Morgan fingerprint density at radius 2 is 1.85 bits per heavy atom. The van der Waals surface area contributed by atoms with E-state index in [1.807, 2.05) is 0 Å². The highest BCUT2D eigenvalue weighted by molar-refractivity contribution is 7.80. The maximum atomic E-state index is 12.5. The summed E-state index contributed by atoms with van der Waals surface area (Å²) in [6.45, 7) is 2.24. The van der Waals surface area contributed by atoms with Crippen LogP contribution in [0.15, 0.2) is 48.5 Å². The van der Waals surface area contributed by atoms with Crippen molar-refractivity contribution in [1.29, 1.82) is 0 Å². The fourth-order valence-electron chi connectivity index (χ4n) is 2.16. The summed E-state index contributed by atoms with van der Waals surface area (Å²) in [7, 11) is 1.58. The number of thiocarbonyl (C=S) groups is 1. The van der Waals surface area contributed by atoms with Crippen LogP contribution >= 0.6 is 12.2 Å². The molecule has 0 aliphatic heterocycles. The first kappa shape index (κ1) is 19.6. The van der Waals surface area contributed by atoms with Crippen molar-refractivity contribution in [2.45, 2.75) is 6.92 Å². The number of amides is 1. The second-order valence-electron chi connectivity index (χ2n) is 5.38. The molecule has 26 heavy (non-hydrogen) atoms. The molecule has 0 heterocycles. The van der Waals surface area contributed by atoms with E-state index >= 15 is 0 Å². The number of para-hydroxylation sites is 1. The molecule has 0 aliphatic rings. The molecular formula is C19H20N2O4S. The van der Waals surface area contributed by atoms with Crippen LogP contribution in [0.5, 0.6) is 5.75 Å². The smallest absolute Gasteiger partial charge is 0.261 e. The van der Waals surface area contributed by atoms with Gasteiger partial charge >= 0.3 is 0 Å². The number of ketones is 1. The third kappa shape index (κ3) is 5.65. The number of nitrogens with one attached hydrogen (secondary N) is 2. The van der Waals surface area contributed by atoms with Gasteiger partial charge in [-0.15, -0.1) is 0 Å². The maximum absolute atomic E-state index is 12.5. The van der Waals surface area contributed by atoms with Crippen molar-refractivity contribution in [2.75, 3.05) is 25.6 Å². The molecule has 0 atom stereocenters. The Hall–Kier alpha value is -2.77. The van der Waals surface area contributed by atoms with E-state index in [9.17, 15) is 9.59 Å². The van der Waals surface area contributed by atoms with Crippen molar-refractivity contribution in [2.24, 2.45) is 0 Å². The zero-order valence-electron chi connectivity index (χ0n) is 14.6. The molecule has 0 unspecified atom stereocenters. The third-order valence-electron chi connectivity index (χ3n) is 3.43. The summed E-state index contributed by atoms with van der Waals surface area (Å²) in [6, 6.07) is 13.8. The van der Waals surface area contributed by atoms with E-state index in [4.69, 9.17) is 21.7 Å². The fraction of sp³-hybridized carbons (Fsp3) is 0.211. The fourth-order valence-corrected chi connectivity index (χ4v) is 2.37. The monoisotopic (exact) mass is 372 g/mol. The summed E-state index contributed by atoms with van der Waals surface area (Å²) in [4.78, 5) is 23.9. The molecule has 2 N–H and O–H groups in total. The van der Waals surface area contributed by atoms with E-state index in [0.717, 1.165) is 0 Å². The molecule has 0 aliphatic carbocycles. The number of carbonyl (C=O) groups is 2. The Balaban J connectivity index is 2.02. The standard InChI is InChI=1S/C19H20N2O4S/c1-13(22)14-6-5-7-15(12-14)20-19(26)21-18(23)16-8-3-4-9-17(16)25-11-10-24-2/h3-9,12H,10-11H2,1-2H3,(H2,20,21,23,26). The Bertz CT molecular complexity index is 808. The van der Waals surface area contributed by atoms with Gasteiger partial charge < -0.3 is 14.8 Å². The predicted octanol–water partition coefficient (Wildman–Crippen LogP) is 3.04. The quantitative estimate of drug-likeness (QED) is 0.442. The van der Waals surface area contributed by atoms with Gasteiger partial charge in [0.05, 0.1) is 12.2 Å². The molecule has 6 nitrogen and oxygen atoms in total. The van der Waals surface area contributed by atoms with Crippen LogP contribution in [0, 0.1) is 0 Å². The molecule has 0 bridgehead atoms. The van der Waals surface area contributed by atoms with Crippen LogP contribution in [0.4, 0.5) is 5.69 Å². The molecule has 0 aromatic heterocycles. The van der Waals surface area contributed by atoms with E-state index in [-0.39, 0.29) is 10.9 Å². The normalized spacial score (nSPS) is 10.1. The number of hydrogen-bond acceptors (Lipinski definition) is 5. The van der Waals surface area contributed by atoms with Crippen molar-refractivity contribution < 1.29 is 19.1 Å². The van der Waals surface area contributed by atoms with Crippen molar-refractivity contribution in [3.63, 3.8) is 0 Å². The van der Waals surface area contributed by atoms with E-state index in [0.29, 0.717) is 35.8 Å². The maximum Gasteiger partial charge on any atom is 0.261 e. The van der Waals surface area contributed by atoms with Crippen LogP contribution in [-0.4, -0.2) is 37.1 Å². The van der Waals surface area contributed by atoms with Gasteiger partial charge in [0.2, 0.25) is 0 Å². The first-order valence-electron chi connectivity index (χ1n) is 7.95. The summed E-state index contributed by atoms with van der Waals surface area (Å²) in [6.07, 6.45) is 0. The molecule has 0 radical (unpaired) electrons. The lowest BCUT2D eigenvalue weighted by molar-refractivity contribution is 0.0968. The SMILES string of the molecule is COCCOc1ccccc1C(=O)NC(=S)Nc1cccc(C(C)=O)c1. The van der Waals surface area contributed by atoms with Crippen LogP contribution < -0.4 is 15.4 Å². The zero-order chi connectivity index (χ0) is 18.9. The number of hydrogen-bond donors (Lipinski definition) is 2. The minimum Gasteiger partial charge on any atom is -0.490 e. The molecule has 2 aromatic carbocycles. The average Bonchev–Trinajstić information content (AvgIpc) is 2.62. The Kier molecular flexibility index (Phi) is 7.25.